The van der Waals surface area contributed by atoms with Gasteiger partial charge in [0.25, 0.3) is 0 Å². The van der Waals surface area contributed by atoms with Crippen LogP contribution in [0.2, 0.25) is 0 Å². The van der Waals surface area contributed by atoms with Crippen molar-refractivity contribution >= 4 is 12.1 Å². The molecular weight excluding hydrogens is 411 g/mol. The van der Waals surface area contributed by atoms with Gasteiger partial charge in [0.1, 0.15) is 12.6 Å². The van der Waals surface area contributed by atoms with Crippen LogP contribution in [0, 0.1) is 10.8 Å². The number of carbonyl (C=O) groups is 2. The summed E-state index contributed by atoms with van der Waals surface area (Å²) in [7, 11) is 0. The lowest BCUT2D eigenvalue weighted by molar-refractivity contribution is -0.367. The number of hydrogen-bond acceptors (Lipinski definition) is 3. The topological polar surface area (TPSA) is 75.6 Å². The Morgan fingerprint density at radius 2 is 1.55 bits per heavy atom. The van der Waals surface area contributed by atoms with E-state index >= 15 is 0 Å². The molecular formula is C23H20F3NO4. The molecule has 4 aliphatic rings. The first-order chi connectivity index (χ1) is 14.7. The number of alkyl halides is 3. The molecule has 3 fully saturated rings. The molecule has 2 bridgehead atoms. The van der Waals surface area contributed by atoms with E-state index in [1.807, 2.05) is 48.5 Å². The maximum Gasteiger partial charge on any atom is 0.407 e. The van der Waals surface area contributed by atoms with E-state index in [0.29, 0.717) is 0 Å². The molecule has 3 saturated carbocycles. The van der Waals surface area contributed by atoms with Gasteiger partial charge < -0.3 is 15.2 Å². The molecule has 5 nitrogen and oxygen atoms in total. The first-order valence-corrected chi connectivity index (χ1v) is 10.1. The largest absolute Gasteiger partial charge is 0.480 e. The van der Waals surface area contributed by atoms with Crippen molar-refractivity contribution in [2.45, 2.75) is 37.4 Å². The van der Waals surface area contributed by atoms with E-state index in [2.05, 4.69) is 5.32 Å². The number of ether oxygens (including phenoxy) is 1. The monoisotopic (exact) mass is 431 g/mol. The van der Waals surface area contributed by atoms with E-state index in [0.717, 1.165) is 22.3 Å². The van der Waals surface area contributed by atoms with Crippen LogP contribution in [0.25, 0.3) is 11.1 Å². The minimum Gasteiger partial charge on any atom is -0.480 e. The van der Waals surface area contributed by atoms with E-state index in [1.54, 1.807) is 0 Å². The predicted octanol–water partition coefficient (Wildman–Crippen LogP) is 4.71. The van der Waals surface area contributed by atoms with Gasteiger partial charge in [0.15, 0.2) is 0 Å². The summed E-state index contributed by atoms with van der Waals surface area (Å²) in [6, 6.07) is 14.2. The Balaban J connectivity index is 1.26. The Bertz CT molecular complexity index is 1020. The first kappa shape index (κ1) is 19.9. The lowest BCUT2D eigenvalue weighted by Crippen LogP contribution is -2.75. The third-order valence-corrected chi connectivity index (χ3v) is 7.14. The van der Waals surface area contributed by atoms with Crippen molar-refractivity contribution in [1.82, 2.24) is 5.32 Å². The summed E-state index contributed by atoms with van der Waals surface area (Å²) in [5.41, 5.74) is 1.30. The third kappa shape index (κ3) is 2.84. The molecule has 2 aromatic carbocycles. The standard InChI is InChI=1S/C23H20F3NO4/c24-23(25,26)22-10-21(11-22,12-22)18(19(28)29)27-20(30)31-9-17-15-7-3-1-5-13(15)14-6-2-4-8-16(14)17/h1-8,17-18H,9-12H2,(H,27,30)(H,28,29)/t18-,21?,22?/m1/s1. The van der Waals surface area contributed by atoms with Crippen molar-refractivity contribution in [2.24, 2.45) is 10.8 Å². The number of hydrogen-bond donors (Lipinski definition) is 2. The zero-order valence-corrected chi connectivity index (χ0v) is 16.4. The van der Waals surface area contributed by atoms with E-state index in [4.69, 9.17) is 4.74 Å². The zero-order chi connectivity index (χ0) is 22.0. The molecule has 0 aliphatic heterocycles. The Morgan fingerprint density at radius 3 is 2.03 bits per heavy atom. The van der Waals surface area contributed by atoms with Crippen LogP contribution in [-0.4, -0.2) is 36.0 Å². The molecule has 0 spiro atoms. The van der Waals surface area contributed by atoms with Crippen LogP contribution in [0.1, 0.15) is 36.3 Å². The molecule has 6 rings (SSSR count). The summed E-state index contributed by atoms with van der Waals surface area (Å²) >= 11 is 0. The summed E-state index contributed by atoms with van der Waals surface area (Å²) in [6.45, 7) is 0.00564. The average molecular weight is 431 g/mol. The minimum absolute atomic E-state index is 0.00564. The van der Waals surface area contributed by atoms with Crippen LogP contribution in [0.3, 0.4) is 0 Å². The molecule has 1 atom stereocenters. The summed E-state index contributed by atoms with van der Waals surface area (Å²) < 4.78 is 44.6. The molecule has 0 radical (unpaired) electrons. The fourth-order valence-electron chi connectivity index (χ4n) is 5.71. The highest BCUT2D eigenvalue weighted by atomic mass is 19.4. The molecule has 0 aromatic heterocycles. The number of carboxylic acid groups (broad SMARTS) is 1. The normalized spacial score (nSPS) is 26.7. The Kier molecular flexibility index (Phi) is 4.16. The quantitative estimate of drug-likeness (QED) is 0.719. The molecule has 8 heteroatoms. The van der Waals surface area contributed by atoms with Gasteiger partial charge in [0, 0.05) is 11.3 Å². The smallest absolute Gasteiger partial charge is 0.407 e. The van der Waals surface area contributed by atoms with Gasteiger partial charge in [-0.05, 0) is 41.5 Å². The molecule has 2 N–H and O–H groups in total. The van der Waals surface area contributed by atoms with Crippen molar-refractivity contribution in [2.75, 3.05) is 6.61 Å². The molecule has 1 amide bonds. The number of halogens is 3. The van der Waals surface area contributed by atoms with Crippen LogP contribution in [-0.2, 0) is 9.53 Å². The number of carbonyl (C=O) groups excluding carboxylic acids is 1. The van der Waals surface area contributed by atoms with Gasteiger partial charge in [0.2, 0.25) is 0 Å². The maximum atomic E-state index is 13.1. The maximum absolute atomic E-state index is 13.1. The second kappa shape index (κ2) is 6.48. The van der Waals surface area contributed by atoms with Crippen molar-refractivity contribution < 1.29 is 32.6 Å². The van der Waals surface area contributed by atoms with Crippen molar-refractivity contribution in [3.63, 3.8) is 0 Å². The van der Waals surface area contributed by atoms with Crippen LogP contribution in [0.15, 0.2) is 48.5 Å². The molecule has 0 unspecified atom stereocenters. The number of amides is 1. The van der Waals surface area contributed by atoms with Crippen LogP contribution in [0.4, 0.5) is 18.0 Å². The Hall–Kier alpha value is -3.03. The molecule has 0 saturated heterocycles. The minimum atomic E-state index is -4.35. The van der Waals surface area contributed by atoms with E-state index in [1.165, 1.54) is 0 Å². The van der Waals surface area contributed by atoms with Gasteiger partial charge in [-0.25, -0.2) is 9.59 Å². The Morgan fingerprint density at radius 1 is 1.03 bits per heavy atom. The van der Waals surface area contributed by atoms with Gasteiger partial charge >= 0.3 is 18.2 Å². The number of rotatable bonds is 5. The highest BCUT2D eigenvalue weighted by molar-refractivity contribution is 5.82. The number of carboxylic acids is 1. The molecule has 2 aromatic rings. The SMILES string of the molecule is O=C(N[C@H](C(=O)O)C12CC(C(F)(F)F)(C1)C2)OCC1c2ccccc2-c2ccccc21. The first-order valence-electron chi connectivity index (χ1n) is 10.1. The second-order valence-electron chi connectivity index (χ2n) is 8.91. The lowest BCUT2D eigenvalue weighted by atomic mass is 9.33. The summed E-state index contributed by atoms with van der Waals surface area (Å²) in [6.07, 6.45) is -6.10. The van der Waals surface area contributed by atoms with Gasteiger partial charge in [-0.15, -0.1) is 0 Å². The van der Waals surface area contributed by atoms with Gasteiger partial charge in [-0.3, -0.25) is 0 Å². The van der Waals surface area contributed by atoms with Gasteiger partial charge in [0.05, 0.1) is 5.41 Å². The van der Waals surface area contributed by atoms with Crippen LogP contribution in [0.5, 0.6) is 0 Å². The van der Waals surface area contributed by atoms with Gasteiger partial charge in [-0.1, -0.05) is 48.5 Å². The molecule has 4 aliphatic carbocycles. The molecule has 31 heavy (non-hydrogen) atoms. The predicted molar refractivity (Wildman–Crippen MR) is 104 cm³/mol. The summed E-state index contributed by atoms with van der Waals surface area (Å²) in [5, 5.41) is 11.8. The van der Waals surface area contributed by atoms with E-state index < -0.39 is 35.1 Å². The number of alkyl carbamates (subject to hydrolysis) is 1. The van der Waals surface area contributed by atoms with Crippen LogP contribution < -0.4 is 5.32 Å². The second-order valence-corrected chi connectivity index (χ2v) is 8.91. The number of aliphatic carboxylic acids is 1. The highest BCUT2D eigenvalue weighted by Crippen LogP contribution is 2.79. The van der Waals surface area contributed by atoms with Crippen molar-refractivity contribution in [3.05, 3.63) is 59.7 Å². The lowest BCUT2D eigenvalue weighted by Gasteiger charge is -2.71. The fourth-order valence-corrected chi connectivity index (χ4v) is 5.71. The van der Waals surface area contributed by atoms with E-state index in [9.17, 15) is 27.9 Å². The fraction of sp³-hybridized carbons (Fsp3) is 0.391. The Labute approximate surface area is 176 Å². The molecule has 0 heterocycles. The van der Waals surface area contributed by atoms with Crippen LogP contribution >= 0.6 is 0 Å². The van der Waals surface area contributed by atoms with E-state index in [-0.39, 0.29) is 31.8 Å². The number of benzene rings is 2. The number of nitrogens with one attached hydrogen (secondary N) is 1. The average Bonchev–Trinajstić information content (AvgIpc) is 2.96. The van der Waals surface area contributed by atoms with Gasteiger partial charge in [-0.2, -0.15) is 13.2 Å². The number of fused-ring (bicyclic) bond motifs is 3. The van der Waals surface area contributed by atoms with Crippen molar-refractivity contribution in [3.8, 4) is 11.1 Å². The zero-order valence-electron chi connectivity index (χ0n) is 16.4. The summed E-state index contributed by atoms with van der Waals surface area (Å²) in [5.74, 6) is -1.53. The summed E-state index contributed by atoms with van der Waals surface area (Å²) in [4.78, 5) is 24.1. The highest BCUT2D eigenvalue weighted by Gasteiger charge is 2.81. The van der Waals surface area contributed by atoms with Crippen molar-refractivity contribution in [1.29, 1.82) is 0 Å². The molecule has 162 valence electrons. The third-order valence-electron chi connectivity index (χ3n) is 7.14.